The van der Waals surface area contributed by atoms with Crippen molar-refractivity contribution in [2.24, 2.45) is 0 Å². The smallest absolute Gasteiger partial charge is 0.292 e. The van der Waals surface area contributed by atoms with Crippen LogP contribution >= 0.6 is 0 Å². The molecule has 0 saturated heterocycles. The molecule has 0 aromatic heterocycles. The van der Waals surface area contributed by atoms with Gasteiger partial charge in [0.25, 0.3) is 5.69 Å². The first-order valence-electron chi connectivity index (χ1n) is 6.80. The van der Waals surface area contributed by atoms with Crippen LogP contribution in [0.25, 0.3) is 0 Å². The van der Waals surface area contributed by atoms with Crippen LogP contribution in [-0.2, 0) is 4.74 Å². The van der Waals surface area contributed by atoms with Crippen molar-refractivity contribution in [1.29, 1.82) is 0 Å². The number of benzene rings is 1. The average molecular weight is 282 g/mol. The zero-order valence-corrected chi connectivity index (χ0v) is 12.2. The molecule has 1 aromatic rings. The van der Waals surface area contributed by atoms with Crippen LogP contribution in [0.2, 0.25) is 0 Å². The van der Waals surface area contributed by atoms with Gasteiger partial charge >= 0.3 is 0 Å². The highest BCUT2D eigenvalue weighted by molar-refractivity contribution is 5.64. The summed E-state index contributed by atoms with van der Waals surface area (Å²) in [6.45, 7) is 7.85. The van der Waals surface area contributed by atoms with E-state index in [1.807, 2.05) is 18.7 Å². The van der Waals surface area contributed by atoms with Crippen LogP contribution < -0.4 is 4.90 Å². The van der Waals surface area contributed by atoms with Crippen molar-refractivity contribution >= 4 is 11.4 Å². The molecule has 6 nitrogen and oxygen atoms in total. The standard InChI is InChI=1S/C14H22N2O4/c1-4-15(8-9-20-5-2)13-7-6-12(11(3)17)10-14(13)16(18)19/h6-7,10-11,17H,4-5,8-9H2,1-3H3/t11-/m0/s1. The van der Waals surface area contributed by atoms with Crippen molar-refractivity contribution in [3.63, 3.8) is 0 Å². The number of aliphatic hydroxyl groups is 1. The number of ether oxygens (including phenoxy) is 1. The summed E-state index contributed by atoms with van der Waals surface area (Å²) < 4.78 is 5.30. The second-order valence-corrected chi connectivity index (χ2v) is 4.46. The van der Waals surface area contributed by atoms with Gasteiger partial charge in [-0.3, -0.25) is 10.1 Å². The Balaban J connectivity index is 3.04. The fourth-order valence-corrected chi connectivity index (χ4v) is 1.98. The molecule has 0 aliphatic heterocycles. The van der Waals surface area contributed by atoms with Gasteiger partial charge in [-0.05, 0) is 32.4 Å². The molecule has 20 heavy (non-hydrogen) atoms. The lowest BCUT2D eigenvalue weighted by Crippen LogP contribution is -2.27. The summed E-state index contributed by atoms with van der Waals surface area (Å²) in [5, 5.41) is 20.7. The molecule has 0 radical (unpaired) electrons. The molecule has 0 amide bonds. The van der Waals surface area contributed by atoms with Crippen LogP contribution in [0.1, 0.15) is 32.4 Å². The Hall–Kier alpha value is -1.66. The molecule has 6 heteroatoms. The van der Waals surface area contributed by atoms with E-state index >= 15 is 0 Å². The van der Waals surface area contributed by atoms with E-state index in [-0.39, 0.29) is 5.69 Å². The van der Waals surface area contributed by atoms with E-state index < -0.39 is 11.0 Å². The number of aliphatic hydroxyl groups excluding tert-OH is 1. The first-order chi connectivity index (χ1) is 9.51. The van der Waals surface area contributed by atoms with E-state index in [0.29, 0.717) is 37.6 Å². The molecule has 0 fully saturated rings. The lowest BCUT2D eigenvalue weighted by molar-refractivity contribution is -0.384. The monoisotopic (exact) mass is 282 g/mol. The van der Waals surface area contributed by atoms with E-state index in [1.54, 1.807) is 19.1 Å². The van der Waals surface area contributed by atoms with E-state index in [2.05, 4.69) is 0 Å². The van der Waals surface area contributed by atoms with E-state index in [4.69, 9.17) is 4.74 Å². The van der Waals surface area contributed by atoms with Gasteiger partial charge < -0.3 is 14.7 Å². The molecule has 1 N–H and O–H groups in total. The third kappa shape index (κ3) is 4.18. The molecule has 0 bridgehead atoms. The van der Waals surface area contributed by atoms with Gasteiger partial charge in [-0.25, -0.2) is 0 Å². The number of rotatable bonds is 8. The SMILES string of the molecule is CCOCCN(CC)c1ccc([C@H](C)O)cc1[N+](=O)[O-]. The summed E-state index contributed by atoms with van der Waals surface area (Å²) in [5.41, 5.74) is 1.12. The Labute approximate surface area is 119 Å². The Morgan fingerprint density at radius 3 is 2.65 bits per heavy atom. The molecule has 1 rings (SSSR count). The number of likely N-dealkylation sites (N-methyl/N-ethyl adjacent to an activating group) is 1. The summed E-state index contributed by atoms with van der Waals surface area (Å²) >= 11 is 0. The summed E-state index contributed by atoms with van der Waals surface area (Å²) in [6, 6.07) is 4.84. The van der Waals surface area contributed by atoms with Crippen LogP contribution in [0.4, 0.5) is 11.4 Å². The zero-order valence-electron chi connectivity index (χ0n) is 12.2. The normalized spacial score (nSPS) is 12.2. The number of hydrogen-bond donors (Lipinski definition) is 1. The average Bonchev–Trinajstić information content (AvgIpc) is 2.43. The first-order valence-corrected chi connectivity index (χ1v) is 6.80. The predicted molar refractivity (Wildman–Crippen MR) is 78.1 cm³/mol. The highest BCUT2D eigenvalue weighted by Gasteiger charge is 2.20. The molecule has 1 aromatic carbocycles. The fourth-order valence-electron chi connectivity index (χ4n) is 1.98. The van der Waals surface area contributed by atoms with Crippen molar-refractivity contribution in [3.05, 3.63) is 33.9 Å². The Morgan fingerprint density at radius 2 is 2.15 bits per heavy atom. The van der Waals surface area contributed by atoms with Crippen LogP contribution in [-0.4, -0.2) is 36.3 Å². The molecule has 0 heterocycles. The van der Waals surface area contributed by atoms with Gasteiger partial charge in [0.05, 0.1) is 17.6 Å². The summed E-state index contributed by atoms with van der Waals surface area (Å²) in [6.07, 6.45) is -0.721. The van der Waals surface area contributed by atoms with Crippen LogP contribution in [0.5, 0.6) is 0 Å². The third-order valence-electron chi connectivity index (χ3n) is 3.11. The second kappa shape index (κ2) is 7.81. The molecule has 0 saturated carbocycles. The van der Waals surface area contributed by atoms with Crippen molar-refractivity contribution in [3.8, 4) is 0 Å². The molecular formula is C14H22N2O4. The number of hydrogen-bond acceptors (Lipinski definition) is 5. The van der Waals surface area contributed by atoms with Gasteiger partial charge in [-0.15, -0.1) is 0 Å². The molecule has 0 aliphatic carbocycles. The van der Waals surface area contributed by atoms with E-state index in [9.17, 15) is 15.2 Å². The summed E-state index contributed by atoms with van der Waals surface area (Å²) in [5.74, 6) is 0. The largest absolute Gasteiger partial charge is 0.389 e. The zero-order chi connectivity index (χ0) is 15.1. The maximum atomic E-state index is 11.2. The van der Waals surface area contributed by atoms with Crippen LogP contribution in [0.3, 0.4) is 0 Å². The minimum atomic E-state index is -0.721. The number of anilines is 1. The summed E-state index contributed by atoms with van der Waals surface area (Å²) in [7, 11) is 0. The highest BCUT2D eigenvalue weighted by Crippen LogP contribution is 2.31. The summed E-state index contributed by atoms with van der Waals surface area (Å²) in [4.78, 5) is 12.7. The van der Waals surface area contributed by atoms with Gasteiger partial charge in [0.2, 0.25) is 0 Å². The molecule has 0 unspecified atom stereocenters. The fraction of sp³-hybridized carbons (Fsp3) is 0.571. The Kier molecular flexibility index (Phi) is 6.41. The number of nitro groups is 1. The lowest BCUT2D eigenvalue weighted by Gasteiger charge is -2.23. The topological polar surface area (TPSA) is 75.8 Å². The third-order valence-corrected chi connectivity index (χ3v) is 3.11. The highest BCUT2D eigenvalue weighted by atomic mass is 16.6. The van der Waals surface area contributed by atoms with Gasteiger partial charge in [0, 0.05) is 25.8 Å². The van der Waals surface area contributed by atoms with Gasteiger partial charge in [0.15, 0.2) is 0 Å². The van der Waals surface area contributed by atoms with Gasteiger partial charge in [-0.1, -0.05) is 6.07 Å². The Bertz CT molecular complexity index is 449. The molecule has 112 valence electrons. The minimum absolute atomic E-state index is 0.0155. The molecule has 0 aliphatic rings. The minimum Gasteiger partial charge on any atom is -0.389 e. The van der Waals surface area contributed by atoms with Crippen molar-refractivity contribution in [2.75, 3.05) is 31.2 Å². The maximum absolute atomic E-state index is 11.2. The molecular weight excluding hydrogens is 260 g/mol. The predicted octanol–water partition coefficient (Wildman–Crippen LogP) is 2.51. The van der Waals surface area contributed by atoms with Crippen molar-refractivity contribution in [1.82, 2.24) is 0 Å². The second-order valence-electron chi connectivity index (χ2n) is 4.46. The van der Waals surface area contributed by atoms with E-state index in [1.165, 1.54) is 6.07 Å². The molecule has 0 spiro atoms. The van der Waals surface area contributed by atoms with E-state index in [0.717, 1.165) is 0 Å². The quantitative estimate of drug-likeness (QED) is 0.450. The van der Waals surface area contributed by atoms with Crippen molar-refractivity contribution < 1.29 is 14.8 Å². The van der Waals surface area contributed by atoms with Gasteiger partial charge in [-0.2, -0.15) is 0 Å². The number of nitro benzene ring substituents is 1. The Morgan fingerprint density at radius 1 is 1.45 bits per heavy atom. The maximum Gasteiger partial charge on any atom is 0.292 e. The number of nitrogens with zero attached hydrogens (tertiary/aromatic N) is 2. The van der Waals surface area contributed by atoms with Gasteiger partial charge in [0.1, 0.15) is 5.69 Å². The van der Waals surface area contributed by atoms with Crippen molar-refractivity contribution in [2.45, 2.75) is 26.9 Å². The van der Waals surface area contributed by atoms with Crippen LogP contribution in [0.15, 0.2) is 18.2 Å². The molecule has 1 atom stereocenters. The lowest BCUT2D eigenvalue weighted by atomic mass is 10.1. The van der Waals surface area contributed by atoms with Crippen LogP contribution in [0, 0.1) is 10.1 Å². The first kappa shape index (κ1) is 16.4.